The van der Waals surface area contributed by atoms with Gasteiger partial charge in [0.05, 0.1) is 12.8 Å². The van der Waals surface area contributed by atoms with Crippen LogP contribution in [-0.4, -0.2) is 25.0 Å². The summed E-state index contributed by atoms with van der Waals surface area (Å²) in [5, 5.41) is 2.20. The molecule has 1 saturated heterocycles. The van der Waals surface area contributed by atoms with Gasteiger partial charge in [0, 0.05) is 4.47 Å². The predicted octanol–water partition coefficient (Wildman–Crippen LogP) is 3.43. The summed E-state index contributed by atoms with van der Waals surface area (Å²) < 4.78 is 5.92. The molecule has 2 aromatic carbocycles. The van der Waals surface area contributed by atoms with Crippen molar-refractivity contribution in [3.63, 3.8) is 0 Å². The number of anilines is 1. The van der Waals surface area contributed by atoms with Crippen LogP contribution in [0.4, 0.5) is 10.5 Å². The molecule has 0 radical (unpaired) electrons. The van der Waals surface area contributed by atoms with E-state index in [9.17, 15) is 14.4 Å². The molecule has 0 aliphatic carbocycles. The third-order valence-corrected chi connectivity index (χ3v) is 4.39. The summed E-state index contributed by atoms with van der Waals surface area (Å²) in [4.78, 5) is 38.1. The zero-order chi connectivity index (χ0) is 18.8. The van der Waals surface area contributed by atoms with E-state index in [-0.39, 0.29) is 5.57 Å². The zero-order valence-corrected chi connectivity index (χ0v) is 15.7. The maximum absolute atomic E-state index is 12.8. The molecule has 1 aliphatic heterocycles. The summed E-state index contributed by atoms with van der Waals surface area (Å²) in [5.41, 5.74) is 1.77. The number of nitrogens with zero attached hydrogens (tertiary/aromatic N) is 1. The number of nitrogens with one attached hydrogen (secondary N) is 1. The number of aryl methyl sites for hydroxylation is 1. The highest BCUT2D eigenvalue weighted by Crippen LogP contribution is 2.25. The quantitative estimate of drug-likeness (QED) is 0.616. The number of amides is 4. The van der Waals surface area contributed by atoms with Crippen molar-refractivity contribution in [2.45, 2.75) is 6.92 Å². The number of urea groups is 1. The van der Waals surface area contributed by atoms with Gasteiger partial charge in [0.25, 0.3) is 11.8 Å². The number of halogens is 1. The molecule has 0 aromatic heterocycles. The van der Waals surface area contributed by atoms with Crippen LogP contribution in [0.2, 0.25) is 0 Å². The lowest BCUT2D eigenvalue weighted by Gasteiger charge is -2.26. The number of imide groups is 2. The Morgan fingerprint density at radius 1 is 1.12 bits per heavy atom. The first kappa shape index (κ1) is 17.9. The van der Waals surface area contributed by atoms with Crippen LogP contribution in [0.15, 0.2) is 52.5 Å². The molecule has 3 rings (SSSR count). The predicted molar refractivity (Wildman–Crippen MR) is 101 cm³/mol. The average molecular weight is 415 g/mol. The fourth-order valence-corrected chi connectivity index (χ4v) is 3.05. The van der Waals surface area contributed by atoms with Gasteiger partial charge in [0.1, 0.15) is 11.3 Å². The Labute approximate surface area is 158 Å². The summed E-state index contributed by atoms with van der Waals surface area (Å²) in [6.45, 7) is 1.86. The molecule has 0 bridgehead atoms. The van der Waals surface area contributed by atoms with Gasteiger partial charge < -0.3 is 4.74 Å². The van der Waals surface area contributed by atoms with Gasteiger partial charge in [0.15, 0.2) is 0 Å². The lowest BCUT2D eigenvalue weighted by atomic mass is 10.0. The van der Waals surface area contributed by atoms with E-state index in [2.05, 4.69) is 21.2 Å². The Balaban J connectivity index is 2.01. The minimum atomic E-state index is -0.777. The van der Waals surface area contributed by atoms with Crippen LogP contribution in [-0.2, 0) is 9.59 Å². The summed E-state index contributed by atoms with van der Waals surface area (Å²) in [7, 11) is 1.57. The molecule has 0 saturated carbocycles. The third kappa shape index (κ3) is 3.39. The monoisotopic (exact) mass is 414 g/mol. The van der Waals surface area contributed by atoms with Crippen molar-refractivity contribution >= 4 is 45.5 Å². The van der Waals surface area contributed by atoms with Crippen molar-refractivity contribution in [1.29, 1.82) is 0 Å². The fourth-order valence-electron chi connectivity index (χ4n) is 2.67. The second-order valence-corrected chi connectivity index (χ2v) is 6.58. The molecule has 1 N–H and O–H groups in total. The van der Waals surface area contributed by atoms with E-state index < -0.39 is 17.8 Å². The van der Waals surface area contributed by atoms with Gasteiger partial charge >= 0.3 is 6.03 Å². The Hall–Kier alpha value is -2.93. The number of barbiturate groups is 1. The van der Waals surface area contributed by atoms with Crippen LogP contribution < -0.4 is 15.0 Å². The molecule has 2 aromatic rings. The standard InChI is InChI=1S/C19H15BrN2O4/c1-11-8-12(6-7-16(11)26-2)9-15-17(23)21-19(25)22(18(15)24)14-5-3-4-13(20)10-14/h3-10H,1-2H3,(H,21,23,25)/b15-9+. The van der Waals surface area contributed by atoms with Crippen molar-refractivity contribution in [2.24, 2.45) is 0 Å². The summed E-state index contributed by atoms with van der Waals surface area (Å²) in [6.07, 6.45) is 1.46. The van der Waals surface area contributed by atoms with E-state index in [1.54, 1.807) is 49.6 Å². The van der Waals surface area contributed by atoms with Crippen LogP contribution in [0.5, 0.6) is 5.75 Å². The molecule has 1 aliphatic rings. The highest BCUT2D eigenvalue weighted by Gasteiger charge is 2.36. The number of benzene rings is 2. The van der Waals surface area contributed by atoms with Gasteiger partial charge in [-0.15, -0.1) is 0 Å². The zero-order valence-electron chi connectivity index (χ0n) is 14.1. The number of carbonyl (C=O) groups excluding carboxylic acids is 3. The van der Waals surface area contributed by atoms with E-state index in [4.69, 9.17) is 4.74 Å². The highest BCUT2D eigenvalue weighted by molar-refractivity contribution is 9.10. The second kappa shape index (κ2) is 7.13. The van der Waals surface area contributed by atoms with Crippen LogP contribution in [0.3, 0.4) is 0 Å². The first-order valence-electron chi connectivity index (χ1n) is 7.72. The van der Waals surface area contributed by atoms with Crippen LogP contribution in [0.1, 0.15) is 11.1 Å². The first-order chi connectivity index (χ1) is 12.4. The van der Waals surface area contributed by atoms with Crippen molar-refractivity contribution in [2.75, 3.05) is 12.0 Å². The highest BCUT2D eigenvalue weighted by atomic mass is 79.9. The Kier molecular flexibility index (Phi) is 4.90. The largest absolute Gasteiger partial charge is 0.496 e. The molecule has 6 nitrogen and oxygen atoms in total. The number of hydrogen-bond acceptors (Lipinski definition) is 4. The van der Waals surface area contributed by atoms with E-state index >= 15 is 0 Å². The maximum atomic E-state index is 12.8. The lowest BCUT2D eigenvalue weighted by Crippen LogP contribution is -2.54. The third-order valence-electron chi connectivity index (χ3n) is 3.90. The molecular weight excluding hydrogens is 400 g/mol. The van der Waals surface area contributed by atoms with Gasteiger partial charge in [-0.3, -0.25) is 14.9 Å². The number of hydrogen-bond donors (Lipinski definition) is 1. The number of carbonyl (C=O) groups is 3. The van der Waals surface area contributed by atoms with Crippen molar-refractivity contribution in [3.8, 4) is 5.75 Å². The molecule has 7 heteroatoms. The lowest BCUT2D eigenvalue weighted by molar-refractivity contribution is -0.122. The van der Waals surface area contributed by atoms with Gasteiger partial charge in [-0.1, -0.05) is 28.1 Å². The second-order valence-electron chi connectivity index (χ2n) is 5.67. The van der Waals surface area contributed by atoms with Crippen LogP contribution in [0.25, 0.3) is 6.08 Å². The molecule has 4 amide bonds. The van der Waals surface area contributed by atoms with Gasteiger partial charge in [-0.05, 0) is 54.5 Å². The van der Waals surface area contributed by atoms with Crippen molar-refractivity contribution in [1.82, 2.24) is 5.32 Å². The van der Waals surface area contributed by atoms with Crippen molar-refractivity contribution < 1.29 is 19.1 Å². The summed E-state index contributed by atoms with van der Waals surface area (Å²) in [6, 6.07) is 11.2. The summed E-state index contributed by atoms with van der Waals surface area (Å²) in [5.74, 6) is -0.692. The Morgan fingerprint density at radius 3 is 2.54 bits per heavy atom. The topological polar surface area (TPSA) is 75.7 Å². The van der Waals surface area contributed by atoms with Crippen LogP contribution >= 0.6 is 15.9 Å². The minimum absolute atomic E-state index is 0.117. The maximum Gasteiger partial charge on any atom is 0.335 e. The van der Waals surface area contributed by atoms with Crippen LogP contribution in [0, 0.1) is 6.92 Å². The van der Waals surface area contributed by atoms with Crippen molar-refractivity contribution in [3.05, 3.63) is 63.6 Å². The molecule has 0 spiro atoms. The smallest absolute Gasteiger partial charge is 0.335 e. The first-order valence-corrected chi connectivity index (χ1v) is 8.51. The minimum Gasteiger partial charge on any atom is -0.496 e. The van der Waals surface area contributed by atoms with Gasteiger partial charge in [-0.25, -0.2) is 9.69 Å². The Bertz CT molecular complexity index is 952. The van der Waals surface area contributed by atoms with E-state index in [1.807, 2.05) is 6.92 Å². The molecule has 0 atom stereocenters. The summed E-state index contributed by atoms with van der Waals surface area (Å²) >= 11 is 3.31. The molecule has 1 fully saturated rings. The SMILES string of the molecule is COc1ccc(/C=C2\C(=O)NC(=O)N(c3cccc(Br)c3)C2=O)cc1C. The van der Waals surface area contributed by atoms with E-state index in [0.717, 1.165) is 10.5 Å². The molecule has 0 unspecified atom stereocenters. The molecule has 132 valence electrons. The van der Waals surface area contributed by atoms with Gasteiger partial charge in [0.2, 0.25) is 0 Å². The molecule has 26 heavy (non-hydrogen) atoms. The van der Waals surface area contributed by atoms with Gasteiger partial charge in [-0.2, -0.15) is 0 Å². The fraction of sp³-hybridized carbons (Fsp3) is 0.105. The number of ether oxygens (including phenoxy) is 1. The van der Waals surface area contributed by atoms with E-state index in [0.29, 0.717) is 21.5 Å². The number of methoxy groups -OCH3 is 1. The average Bonchev–Trinajstić information content (AvgIpc) is 2.58. The van der Waals surface area contributed by atoms with E-state index in [1.165, 1.54) is 6.08 Å². The Morgan fingerprint density at radius 2 is 1.88 bits per heavy atom. The normalized spacial score (nSPS) is 16.0. The molecular formula is C19H15BrN2O4. The number of rotatable bonds is 3. The molecule has 1 heterocycles.